The molecular weight excluding hydrogens is 403 g/mol. The van der Waals surface area contributed by atoms with Gasteiger partial charge in [0.15, 0.2) is 5.96 Å². The van der Waals surface area contributed by atoms with Crippen molar-refractivity contribution in [2.45, 2.75) is 32.1 Å². The molecule has 0 aliphatic carbocycles. The third kappa shape index (κ3) is 6.62. The lowest BCUT2D eigenvalue weighted by Gasteiger charge is -2.27. The van der Waals surface area contributed by atoms with Gasteiger partial charge in [0.1, 0.15) is 0 Å². The highest BCUT2D eigenvalue weighted by atomic mass is 127. The SMILES string of the molecule is CN=C(NCC(C)(C)SC)N(C)Cc1csc(C)n1.I. The summed E-state index contributed by atoms with van der Waals surface area (Å²) in [7, 11) is 3.85. The molecule has 0 saturated carbocycles. The molecular formula is C13H25IN4S2. The maximum absolute atomic E-state index is 4.48. The first-order chi connectivity index (χ1) is 8.88. The van der Waals surface area contributed by atoms with E-state index in [1.54, 1.807) is 11.3 Å². The second-order valence-electron chi connectivity index (χ2n) is 5.08. The van der Waals surface area contributed by atoms with Crippen LogP contribution in [0.4, 0.5) is 0 Å². The van der Waals surface area contributed by atoms with Crippen LogP contribution in [0, 0.1) is 6.92 Å². The summed E-state index contributed by atoms with van der Waals surface area (Å²) in [6, 6.07) is 0. The Kier molecular flexibility index (Phi) is 9.08. The molecule has 0 aromatic carbocycles. The Balaban J connectivity index is 0.00000361. The van der Waals surface area contributed by atoms with Crippen molar-refractivity contribution >= 4 is 53.0 Å². The van der Waals surface area contributed by atoms with E-state index in [1.165, 1.54) is 0 Å². The third-order valence-electron chi connectivity index (χ3n) is 2.86. The molecule has 0 radical (unpaired) electrons. The topological polar surface area (TPSA) is 40.5 Å². The lowest BCUT2D eigenvalue weighted by Crippen LogP contribution is -2.43. The van der Waals surface area contributed by atoms with Crippen LogP contribution in [-0.2, 0) is 6.54 Å². The van der Waals surface area contributed by atoms with Crippen molar-refractivity contribution in [1.82, 2.24) is 15.2 Å². The molecule has 0 fully saturated rings. The highest BCUT2D eigenvalue weighted by Crippen LogP contribution is 2.19. The third-order valence-corrected chi connectivity index (χ3v) is 4.94. The van der Waals surface area contributed by atoms with Gasteiger partial charge in [0.2, 0.25) is 0 Å². The van der Waals surface area contributed by atoms with E-state index in [0.717, 1.165) is 29.8 Å². The van der Waals surface area contributed by atoms with Crippen molar-refractivity contribution in [1.29, 1.82) is 0 Å². The summed E-state index contributed by atoms with van der Waals surface area (Å²) in [6.45, 7) is 8.15. The van der Waals surface area contributed by atoms with Crippen LogP contribution in [0.1, 0.15) is 24.5 Å². The van der Waals surface area contributed by atoms with Gasteiger partial charge >= 0.3 is 0 Å². The molecule has 1 N–H and O–H groups in total. The van der Waals surface area contributed by atoms with E-state index in [0.29, 0.717) is 0 Å². The number of hydrogen-bond acceptors (Lipinski definition) is 4. The summed E-state index contributed by atoms with van der Waals surface area (Å²) >= 11 is 3.54. The first-order valence-corrected chi connectivity index (χ1v) is 8.36. The van der Waals surface area contributed by atoms with Gasteiger partial charge in [0.05, 0.1) is 17.2 Å². The van der Waals surface area contributed by atoms with Crippen LogP contribution >= 0.6 is 47.1 Å². The number of hydrogen-bond donors (Lipinski definition) is 1. The minimum Gasteiger partial charge on any atom is -0.355 e. The molecule has 1 aromatic heterocycles. The minimum atomic E-state index is 0. The van der Waals surface area contributed by atoms with E-state index >= 15 is 0 Å². The van der Waals surface area contributed by atoms with Crippen LogP contribution in [0.15, 0.2) is 10.4 Å². The van der Waals surface area contributed by atoms with Crippen LogP contribution in [0.5, 0.6) is 0 Å². The summed E-state index contributed by atoms with van der Waals surface area (Å²) in [6.07, 6.45) is 2.13. The number of thiazole rings is 1. The second kappa shape index (κ2) is 9.09. The predicted molar refractivity (Wildman–Crippen MR) is 103 cm³/mol. The van der Waals surface area contributed by atoms with Crippen LogP contribution in [0.25, 0.3) is 0 Å². The molecule has 116 valence electrons. The number of aliphatic imine (C=N–C) groups is 1. The Morgan fingerprint density at radius 3 is 2.65 bits per heavy atom. The number of nitrogens with one attached hydrogen (secondary N) is 1. The van der Waals surface area contributed by atoms with E-state index in [9.17, 15) is 0 Å². The smallest absolute Gasteiger partial charge is 0.193 e. The van der Waals surface area contributed by atoms with E-state index in [-0.39, 0.29) is 28.7 Å². The molecule has 0 aliphatic rings. The van der Waals surface area contributed by atoms with E-state index in [1.807, 2.05) is 32.8 Å². The Hall–Kier alpha value is -0.0200. The Morgan fingerprint density at radius 2 is 2.20 bits per heavy atom. The Labute approximate surface area is 147 Å². The van der Waals surface area contributed by atoms with Gasteiger partial charge in [-0.2, -0.15) is 11.8 Å². The predicted octanol–water partition coefficient (Wildman–Crippen LogP) is 3.22. The lowest BCUT2D eigenvalue weighted by molar-refractivity contribution is 0.466. The van der Waals surface area contributed by atoms with Crippen LogP contribution in [0.2, 0.25) is 0 Å². The molecule has 20 heavy (non-hydrogen) atoms. The lowest BCUT2D eigenvalue weighted by atomic mass is 10.2. The van der Waals surface area contributed by atoms with E-state index in [2.05, 4.69) is 45.7 Å². The number of aromatic nitrogens is 1. The van der Waals surface area contributed by atoms with Gasteiger partial charge in [-0.15, -0.1) is 35.3 Å². The summed E-state index contributed by atoms with van der Waals surface area (Å²) in [5, 5.41) is 6.63. The minimum absolute atomic E-state index is 0. The van der Waals surface area contributed by atoms with Gasteiger partial charge in [0.25, 0.3) is 0 Å². The zero-order valence-corrected chi connectivity index (χ0v) is 17.0. The quantitative estimate of drug-likeness (QED) is 0.444. The first-order valence-electron chi connectivity index (χ1n) is 6.26. The van der Waals surface area contributed by atoms with Gasteiger partial charge in [-0.1, -0.05) is 0 Å². The van der Waals surface area contributed by atoms with Gasteiger partial charge in [-0.05, 0) is 27.0 Å². The highest BCUT2D eigenvalue weighted by molar-refractivity contribution is 14.0. The summed E-state index contributed by atoms with van der Waals surface area (Å²) in [4.78, 5) is 10.9. The monoisotopic (exact) mass is 428 g/mol. The number of guanidine groups is 1. The molecule has 0 saturated heterocycles. The molecule has 0 spiro atoms. The number of rotatable bonds is 5. The number of aryl methyl sites for hydroxylation is 1. The van der Waals surface area contributed by atoms with Gasteiger partial charge in [0, 0.05) is 30.8 Å². The molecule has 0 unspecified atom stereocenters. The van der Waals surface area contributed by atoms with Crippen LogP contribution in [-0.4, -0.2) is 47.5 Å². The largest absolute Gasteiger partial charge is 0.355 e. The Bertz CT molecular complexity index is 432. The average Bonchev–Trinajstić information content (AvgIpc) is 2.75. The highest BCUT2D eigenvalue weighted by Gasteiger charge is 2.17. The standard InChI is InChI=1S/C13H24N4S2.HI/c1-10-16-11(8-19-10)7-17(5)12(14-4)15-9-13(2,3)18-6;/h8H,7,9H2,1-6H3,(H,14,15);1H. The maximum atomic E-state index is 4.48. The number of nitrogens with zero attached hydrogens (tertiary/aromatic N) is 3. The van der Waals surface area contributed by atoms with Gasteiger partial charge in [-0.25, -0.2) is 4.98 Å². The summed E-state index contributed by atoms with van der Waals surface area (Å²) in [5.74, 6) is 0.910. The van der Waals surface area contributed by atoms with Crippen LogP contribution in [0.3, 0.4) is 0 Å². The number of halogens is 1. The first kappa shape index (κ1) is 20.0. The second-order valence-corrected chi connectivity index (χ2v) is 7.65. The fourth-order valence-electron chi connectivity index (χ4n) is 1.55. The van der Waals surface area contributed by atoms with Gasteiger partial charge in [-0.3, -0.25) is 4.99 Å². The van der Waals surface area contributed by atoms with Crippen molar-refractivity contribution in [3.05, 3.63) is 16.1 Å². The van der Waals surface area contributed by atoms with Crippen molar-refractivity contribution < 1.29 is 0 Å². The maximum Gasteiger partial charge on any atom is 0.193 e. The molecule has 0 atom stereocenters. The van der Waals surface area contributed by atoms with Crippen molar-refractivity contribution in [2.24, 2.45) is 4.99 Å². The Morgan fingerprint density at radius 1 is 1.55 bits per heavy atom. The molecule has 4 nitrogen and oxygen atoms in total. The molecule has 1 rings (SSSR count). The molecule has 0 aliphatic heterocycles. The van der Waals surface area contributed by atoms with Crippen molar-refractivity contribution in [2.75, 3.05) is 26.9 Å². The molecule has 0 amide bonds. The summed E-state index contributed by atoms with van der Waals surface area (Å²) in [5.41, 5.74) is 1.09. The molecule has 0 bridgehead atoms. The molecule has 7 heteroatoms. The van der Waals surface area contributed by atoms with E-state index < -0.39 is 0 Å². The zero-order chi connectivity index (χ0) is 14.5. The zero-order valence-electron chi connectivity index (χ0n) is 13.1. The molecule has 1 aromatic rings. The van der Waals surface area contributed by atoms with Gasteiger partial charge < -0.3 is 10.2 Å². The summed E-state index contributed by atoms with van der Waals surface area (Å²) < 4.78 is 0.202. The fourth-order valence-corrected chi connectivity index (χ4v) is 2.37. The van der Waals surface area contributed by atoms with E-state index in [4.69, 9.17) is 0 Å². The fraction of sp³-hybridized carbons (Fsp3) is 0.692. The van der Waals surface area contributed by atoms with Crippen LogP contribution < -0.4 is 5.32 Å². The normalized spacial score (nSPS) is 12.0. The molecule has 1 heterocycles. The number of thioether (sulfide) groups is 1. The van der Waals surface area contributed by atoms with Crippen molar-refractivity contribution in [3.63, 3.8) is 0 Å². The average molecular weight is 428 g/mol. The van der Waals surface area contributed by atoms with Crippen molar-refractivity contribution in [3.8, 4) is 0 Å².